The van der Waals surface area contributed by atoms with E-state index in [9.17, 15) is 0 Å². The Morgan fingerprint density at radius 2 is 1.81 bits per heavy atom. The highest BCUT2D eigenvalue weighted by atomic mass is 15.3. The van der Waals surface area contributed by atoms with Crippen molar-refractivity contribution < 1.29 is 0 Å². The fourth-order valence-electron chi connectivity index (χ4n) is 4.12. The van der Waals surface area contributed by atoms with Gasteiger partial charge in [0.1, 0.15) is 0 Å². The van der Waals surface area contributed by atoms with Crippen molar-refractivity contribution in [2.45, 2.75) is 65.8 Å². The number of aromatic nitrogens is 2. The van der Waals surface area contributed by atoms with Gasteiger partial charge in [-0.3, -0.25) is 4.68 Å². The topological polar surface area (TPSA) is 21.1 Å². The molecule has 0 aliphatic carbocycles. The Balaban J connectivity index is 1.96. The lowest BCUT2D eigenvalue weighted by molar-refractivity contribution is 0.121. The van der Waals surface area contributed by atoms with Gasteiger partial charge in [-0.25, -0.2) is 0 Å². The van der Waals surface area contributed by atoms with Gasteiger partial charge in [0.25, 0.3) is 0 Å². The van der Waals surface area contributed by atoms with E-state index in [2.05, 4.69) is 62.5 Å². The highest BCUT2D eigenvalue weighted by molar-refractivity contribution is 5.02. The van der Waals surface area contributed by atoms with Crippen LogP contribution in [-0.4, -0.2) is 34.8 Å². The third-order valence-corrected chi connectivity index (χ3v) is 4.92. The highest BCUT2D eigenvalue weighted by Crippen LogP contribution is 2.39. The van der Waals surface area contributed by atoms with Crippen molar-refractivity contribution in [3.63, 3.8) is 0 Å². The van der Waals surface area contributed by atoms with Gasteiger partial charge in [-0.1, -0.05) is 13.8 Å². The van der Waals surface area contributed by atoms with Crippen LogP contribution in [0.4, 0.5) is 0 Å². The smallest absolute Gasteiger partial charge is 0.0576 e. The summed E-state index contributed by atoms with van der Waals surface area (Å²) >= 11 is 0. The predicted octanol–water partition coefficient (Wildman–Crippen LogP) is 4.07. The zero-order valence-electron chi connectivity index (χ0n) is 14.8. The number of piperidine rings is 1. The van der Waals surface area contributed by atoms with Gasteiger partial charge in [0.15, 0.2) is 0 Å². The Morgan fingerprint density at radius 1 is 1.19 bits per heavy atom. The van der Waals surface area contributed by atoms with E-state index >= 15 is 0 Å². The van der Waals surface area contributed by atoms with Crippen LogP contribution in [0.3, 0.4) is 0 Å². The highest BCUT2D eigenvalue weighted by Gasteiger charge is 2.33. The summed E-state index contributed by atoms with van der Waals surface area (Å²) in [5.74, 6) is 0.895. The molecule has 0 radical (unpaired) electrons. The largest absolute Gasteiger partial charge is 0.306 e. The average molecular weight is 291 g/mol. The molecule has 1 saturated heterocycles. The molecule has 120 valence electrons. The van der Waals surface area contributed by atoms with Gasteiger partial charge in [0.05, 0.1) is 11.7 Å². The second kappa shape index (κ2) is 6.12. The van der Waals surface area contributed by atoms with Crippen molar-refractivity contribution in [1.82, 2.24) is 14.7 Å². The molecule has 1 aromatic heterocycles. The summed E-state index contributed by atoms with van der Waals surface area (Å²) in [6.45, 7) is 14.1. The fourth-order valence-corrected chi connectivity index (χ4v) is 4.12. The molecule has 0 unspecified atom stereocenters. The van der Waals surface area contributed by atoms with Crippen LogP contribution in [0.15, 0.2) is 12.4 Å². The van der Waals surface area contributed by atoms with E-state index in [0.29, 0.717) is 5.41 Å². The average Bonchev–Trinajstić information content (AvgIpc) is 2.78. The maximum atomic E-state index is 4.54. The molecule has 0 saturated carbocycles. The van der Waals surface area contributed by atoms with Crippen LogP contribution < -0.4 is 0 Å². The molecule has 0 N–H and O–H groups in total. The quantitative estimate of drug-likeness (QED) is 0.815. The minimum Gasteiger partial charge on any atom is -0.306 e. The summed E-state index contributed by atoms with van der Waals surface area (Å²) in [4.78, 5) is 2.46. The van der Waals surface area contributed by atoms with Crippen LogP contribution in [-0.2, 0) is 5.54 Å². The molecule has 0 amide bonds. The van der Waals surface area contributed by atoms with Gasteiger partial charge in [0, 0.05) is 6.20 Å². The molecule has 3 nitrogen and oxygen atoms in total. The number of nitrogens with zero attached hydrogens (tertiary/aromatic N) is 3. The SMILES string of the molecule is Cc1cnn(C(C)(C)CC(C)(C)CC2CCN(C)CC2)c1. The first-order valence-corrected chi connectivity index (χ1v) is 8.38. The lowest BCUT2D eigenvalue weighted by atomic mass is 9.72. The lowest BCUT2D eigenvalue weighted by Gasteiger charge is -2.39. The Kier molecular flexibility index (Phi) is 4.82. The van der Waals surface area contributed by atoms with Crippen LogP contribution >= 0.6 is 0 Å². The number of rotatable bonds is 5. The maximum absolute atomic E-state index is 4.54. The van der Waals surface area contributed by atoms with E-state index in [-0.39, 0.29) is 5.54 Å². The number of hydrogen-bond donors (Lipinski definition) is 0. The van der Waals surface area contributed by atoms with Crippen molar-refractivity contribution in [1.29, 1.82) is 0 Å². The molecule has 0 aromatic carbocycles. The van der Waals surface area contributed by atoms with Crippen LogP contribution in [0.1, 0.15) is 58.9 Å². The lowest BCUT2D eigenvalue weighted by Crippen LogP contribution is -2.36. The van der Waals surface area contributed by atoms with Gasteiger partial charge >= 0.3 is 0 Å². The van der Waals surface area contributed by atoms with Gasteiger partial charge in [-0.05, 0) is 83.5 Å². The van der Waals surface area contributed by atoms with Crippen LogP contribution in [0, 0.1) is 18.3 Å². The minimum absolute atomic E-state index is 0.0865. The van der Waals surface area contributed by atoms with Crippen molar-refractivity contribution >= 4 is 0 Å². The molecule has 3 heteroatoms. The zero-order chi connectivity index (χ0) is 15.7. The fraction of sp³-hybridized carbons (Fsp3) is 0.833. The van der Waals surface area contributed by atoms with E-state index in [1.54, 1.807) is 0 Å². The molecular weight excluding hydrogens is 258 g/mol. The third-order valence-electron chi connectivity index (χ3n) is 4.92. The molecule has 1 aliphatic rings. The maximum Gasteiger partial charge on any atom is 0.0576 e. The van der Waals surface area contributed by atoms with Crippen molar-refractivity contribution in [3.05, 3.63) is 18.0 Å². The molecule has 0 bridgehead atoms. The summed E-state index contributed by atoms with van der Waals surface area (Å²) in [6.07, 6.45) is 9.37. The summed E-state index contributed by atoms with van der Waals surface area (Å²) < 4.78 is 2.15. The monoisotopic (exact) mass is 291 g/mol. The Labute approximate surface area is 130 Å². The molecule has 2 heterocycles. The zero-order valence-corrected chi connectivity index (χ0v) is 14.8. The molecule has 1 aromatic rings. The van der Waals surface area contributed by atoms with Crippen molar-refractivity contribution in [2.24, 2.45) is 11.3 Å². The van der Waals surface area contributed by atoms with E-state index in [1.807, 2.05) is 6.20 Å². The summed E-state index contributed by atoms with van der Waals surface area (Å²) in [6, 6.07) is 0. The minimum atomic E-state index is 0.0865. The first-order chi connectivity index (χ1) is 9.68. The predicted molar refractivity (Wildman–Crippen MR) is 89.5 cm³/mol. The molecule has 0 atom stereocenters. The van der Waals surface area contributed by atoms with Gasteiger partial charge in [-0.15, -0.1) is 0 Å². The summed E-state index contributed by atoms with van der Waals surface area (Å²) in [5.41, 5.74) is 1.70. The molecular formula is C18H33N3. The number of aryl methyl sites for hydroxylation is 1. The van der Waals surface area contributed by atoms with Crippen molar-refractivity contribution in [3.8, 4) is 0 Å². The second-order valence-electron chi connectivity index (χ2n) is 8.57. The van der Waals surface area contributed by atoms with Gasteiger partial charge < -0.3 is 4.90 Å². The Morgan fingerprint density at radius 3 is 2.33 bits per heavy atom. The van der Waals surface area contributed by atoms with Crippen molar-refractivity contribution in [2.75, 3.05) is 20.1 Å². The van der Waals surface area contributed by atoms with E-state index in [0.717, 1.165) is 5.92 Å². The number of likely N-dealkylation sites (tertiary alicyclic amines) is 1. The third kappa shape index (κ3) is 4.57. The van der Waals surface area contributed by atoms with Gasteiger partial charge in [0.2, 0.25) is 0 Å². The first kappa shape index (κ1) is 16.5. The van der Waals surface area contributed by atoms with E-state index in [1.165, 1.54) is 44.3 Å². The number of hydrogen-bond acceptors (Lipinski definition) is 2. The van der Waals surface area contributed by atoms with E-state index in [4.69, 9.17) is 0 Å². The molecule has 1 aliphatic heterocycles. The molecule has 21 heavy (non-hydrogen) atoms. The molecule has 0 spiro atoms. The standard InChI is InChI=1S/C18H33N3/c1-15-12-19-21(13-15)18(4,5)14-17(2,3)11-16-7-9-20(6)10-8-16/h12-13,16H,7-11,14H2,1-6H3. The second-order valence-corrected chi connectivity index (χ2v) is 8.57. The Bertz CT molecular complexity index is 451. The normalized spacial score (nSPS) is 19.1. The molecule has 2 rings (SSSR count). The van der Waals surface area contributed by atoms with Crippen LogP contribution in [0.5, 0.6) is 0 Å². The summed E-state index contributed by atoms with van der Waals surface area (Å²) in [5, 5.41) is 4.54. The van der Waals surface area contributed by atoms with Crippen LogP contribution in [0.2, 0.25) is 0 Å². The van der Waals surface area contributed by atoms with E-state index < -0.39 is 0 Å². The van der Waals surface area contributed by atoms with Crippen LogP contribution in [0.25, 0.3) is 0 Å². The Hall–Kier alpha value is -0.830. The summed E-state index contributed by atoms with van der Waals surface area (Å²) in [7, 11) is 2.24. The van der Waals surface area contributed by atoms with Gasteiger partial charge in [-0.2, -0.15) is 5.10 Å². The first-order valence-electron chi connectivity index (χ1n) is 8.38. The molecule has 1 fully saturated rings.